The van der Waals surface area contributed by atoms with Crippen LogP contribution in [0.5, 0.6) is 11.5 Å². The van der Waals surface area contributed by atoms with E-state index in [0.717, 1.165) is 0 Å². The molecule has 5 heteroatoms. The van der Waals surface area contributed by atoms with Crippen molar-refractivity contribution in [2.45, 2.75) is 27.7 Å². The van der Waals surface area contributed by atoms with Crippen LogP contribution in [0.3, 0.4) is 0 Å². The molecule has 0 atom stereocenters. The van der Waals surface area contributed by atoms with Gasteiger partial charge in [-0.1, -0.05) is 27.7 Å². The van der Waals surface area contributed by atoms with E-state index in [0.29, 0.717) is 40.1 Å². The lowest BCUT2D eigenvalue weighted by Crippen LogP contribution is -2.11. The zero-order valence-corrected chi connectivity index (χ0v) is 14.4. The highest BCUT2D eigenvalue weighted by atomic mass is 127. The van der Waals surface area contributed by atoms with Crippen LogP contribution in [-0.4, -0.2) is 24.3 Å². The number of carboxylic acids is 1. The predicted octanol–water partition coefficient (Wildman–Crippen LogP) is 4.06. The maximum Gasteiger partial charge on any atom is 0.336 e. The Labute approximate surface area is 133 Å². The van der Waals surface area contributed by atoms with Crippen molar-refractivity contribution in [2.24, 2.45) is 11.8 Å². The van der Waals surface area contributed by atoms with Gasteiger partial charge in [-0.2, -0.15) is 0 Å². The fraction of sp³-hybridized carbons (Fsp3) is 0.533. The third kappa shape index (κ3) is 4.85. The lowest BCUT2D eigenvalue weighted by atomic mass is 10.2. The van der Waals surface area contributed by atoms with Crippen LogP contribution in [0.15, 0.2) is 12.1 Å². The van der Waals surface area contributed by atoms with E-state index >= 15 is 0 Å². The second-order valence-corrected chi connectivity index (χ2v) is 6.55. The smallest absolute Gasteiger partial charge is 0.336 e. The zero-order chi connectivity index (χ0) is 15.3. The van der Waals surface area contributed by atoms with Crippen molar-refractivity contribution >= 4 is 28.6 Å². The molecule has 0 aromatic heterocycles. The van der Waals surface area contributed by atoms with Gasteiger partial charge in [-0.25, -0.2) is 4.79 Å². The topological polar surface area (TPSA) is 55.8 Å². The molecular formula is C15H21IO4. The first-order chi connectivity index (χ1) is 9.32. The monoisotopic (exact) mass is 392 g/mol. The minimum atomic E-state index is -0.959. The van der Waals surface area contributed by atoms with Crippen LogP contribution in [0.1, 0.15) is 38.1 Å². The van der Waals surface area contributed by atoms with E-state index < -0.39 is 5.97 Å². The van der Waals surface area contributed by atoms with Gasteiger partial charge in [-0.15, -0.1) is 0 Å². The molecule has 0 radical (unpaired) electrons. The molecule has 1 N–H and O–H groups in total. The van der Waals surface area contributed by atoms with Gasteiger partial charge in [-0.3, -0.25) is 0 Å². The standard InChI is InChI=1S/C15H21IO4/c1-9(2)7-19-12-6-5-11(15(17)18)13(16)14(12)20-8-10(3)4/h5-6,9-10H,7-8H2,1-4H3,(H,17,18). The number of halogens is 1. The average molecular weight is 392 g/mol. The summed E-state index contributed by atoms with van der Waals surface area (Å²) >= 11 is 2.00. The maximum atomic E-state index is 11.2. The van der Waals surface area contributed by atoms with E-state index in [-0.39, 0.29) is 5.56 Å². The molecule has 1 rings (SSSR count). The summed E-state index contributed by atoms with van der Waals surface area (Å²) in [6.07, 6.45) is 0. The summed E-state index contributed by atoms with van der Waals surface area (Å²) in [7, 11) is 0. The quantitative estimate of drug-likeness (QED) is 0.712. The highest BCUT2D eigenvalue weighted by Gasteiger charge is 2.18. The second-order valence-electron chi connectivity index (χ2n) is 5.47. The Kier molecular flexibility index (Phi) is 6.58. The van der Waals surface area contributed by atoms with Crippen molar-refractivity contribution in [3.05, 3.63) is 21.3 Å². The first kappa shape index (κ1) is 17.1. The van der Waals surface area contributed by atoms with Crippen LogP contribution in [0.4, 0.5) is 0 Å². The van der Waals surface area contributed by atoms with Gasteiger partial charge in [0, 0.05) is 0 Å². The first-order valence-corrected chi connectivity index (χ1v) is 7.72. The average Bonchev–Trinajstić information content (AvgIpc) is 2.34. The van der Waals surface area contributed by atoms with Crippen LogP contribution in [-0.2, 0) is 0 Å². The van der Waals surface area contributed by atoms with Gasteiger partial charge >= 0.3 is 5.97 Å². The number of rotatable bonds is 7. The molecule has 20 heavy (non-hydrogen) atoms. The van der Waals surface area contributed by atoms with E-state index in [2.05, 4.69) is 13.8 Å². The van der Waals surface area contributed by atoms with Crippen LogP contribution >= 0.6 is 22.6 Å². The van der Waals surface area contributed by atoms with Crippen molar-refractivity contribution < 1.29 is 19.4 Å². The molecule has 0 bridgehead atoms. The van der Waals surface area contributed by atoms with E-state index in [1.165, 1.54) is 0 Å². The molecule has 0 aliphatic heterocycles. The summed E-state index contributed by atoms with van der Waals surface area (Å²) in [4.78, 5) is 11.2. The molecule has 0 unspecified atom stereocenters. The molecule has 0 saturated heterocycles. The fourth-order valence-corrected chi connectivity index (χ4v) is 2.29. The largest absolute Gasteiger partial charge is 0.489 e. The van der Waals surface area contributed by atoms with Crippen molar-refractivity contribution in [3.8, 4) is 11.5 Å². The van der Waals surface area contributed by atoms with Gasteiger partial charge in [0.05, 0.1) is 22.3 Å². The molecule has 0 spiro atoms. The number of aromatic carboxylic acids is 1. The molecule has 4 nitrogen and oxygen atoms in total. The summed E-state index contributed by atoms with van der Waals surface area (Å²) in [5.41, 5.74) is 0.237. The SMILES string of the molecule is CC(C)COc1ccc(C(=O)O)c(I)c1OCC(C)C. The number of carbonyl (C=O) groups is 1. The predicted molar refractivity (Wildman–Crippen MR) is 86.8 cm³/mol. The summed E-state index contributed by atoms with van der Waals surface area (Å²) in [6, 6.07) is 3.23. The Hall–Kier alpha value is -0.980. The van der Waals surface area contributed by atoms with Crippen molar-refractivity contribution in [1.29, 1.82) is 0 Å². The summed E-state index contributed by atoms with van der Waals surface area (Å²) in [6.45, 7) is 9.30. The Balaban J connectivity index is 3.08. The molecule has 0 amide bonds. The van der Waals surface area contributed by atoms with E-state index in [1.807, 2.05) is 36.4 Å². The van der Waals surface area contributed by atoms with Gasteiger partial charge in [0.15, 0.2) is 11.5 Å². The van der Waals surface area contributed by atoms with Gasteiger partial charge in [0.2, 0.25) is 0 Å². The van der Waals surface area contributed by atoms with E-state index in [9.17, 15) is 9.90 Å². The van der Waals surface area contributed by atoms with E-state index in [4.69, 9.17) is 9.47 Å². The number of benzene rings is 1. The molecule has 1 aromatic rings. The first-order valence-electron chi connectivity index (χ1n) is 6.64. The van der Waals surface area contributed by atoms with Crippen molar-refractivity contribution in [2.75, 3.05) is 13.2 Å². The molecule has 112 valence electrons. The van der Waals surface area contributed by atoms with Crippen LogP contribution in [0.25, 0.3) is 0 Å². The lowest BCUT2D eigenvalue weighted by molar-refractivity contribution is 0.0695. The normalized spacial score (nSPS) is 10.9. The van der Waals surface area contributed by atoms with Crippen LogP contribution in [0.2, 0.25) is 0 Å². The zero-order valence-electron chi connectivity index (χ0n) is 12.3. The number of hydrogen-bond donors (Lipinski definition) is 1. The number of ether oxygens (including phenoxy) is 2. The number of carboxylic acid groups (broad SMARTS) is 1. The molecule has 0 saturated carbocycles. The molecule has 0 aliphatic rings. The lowest BCUT2D eigenvalue weighted by Gasteiger charge is -2.17. The third-order valence-corrected chi connectivity index (χ3v) is 3.50. The van der Waals surface area contributed by atoms with Crippen LogP contribution in [0, 0.1) is 15.4 Å². The summed E-state index contributed by atoms with van der Waals surface area (Å²) < 4.78 is 12.1. The van der Waals surface area contributed by atoms with Crippen LogP contribution < -0.4 is 9.47 Å². The highest BCUT2D eigenvalue weighted by Crippen LogP contribution is 2.35. The molecular weight excluding hydrogens is 371 g/mol. The Morgan fingerprint density at radius 2 is 1.70 bits per heavy atom. The Morgan fingerprint density at radius 3 is 2.20 bits per heavy atom. The molecule has 0 fully saturated rings. The van der Waals surface area contributed by atoms with Gasteiger partial charge < -0.3 is 14.6 Å². The summed E-state index contributed by atoms with van der Waals surface area (Å²) in [5, 5.41) is 9.18. The van der Waals surface area contributed by atoms with Crippen molar-refractivity contribution in [3.63, 3.8) is 0 Å². The van der Waals surface area contributed by atoms with Gasteiger partial charge in [0.25, 0.3) is 0 Å². The summed E-state index contributed by atoms with van der Waals surface area (Å²) in [5.74, 6) is 0.926. The third-order valence-electron chi connectivity index (χ3n) is 2.42. The minimum absolute atomic E-state index is 0.237. The number of hydrogen-bond acceptors (Lipinski definition) is 3. The fourth-order valence-electron chi connectivity index (χ4n) is 1.46. The maximum absolute atomic E-state index is 11.2. The second kappa shape index (κ2) is 7.71. The molecule has 0 heterocycles. The molecule has 0 aliphatic carbocycles. The van der Waals surface area contributed by atoms with Crippen molar-refractivity contribution in [1.82, 2.24) is 0 Å². The molecule has 1 aromatic carbocycles. The Morgan fingerprint density at radius 1 is 1.15 bits per heavy atom. The minimum Gasteiger partial charge on any atom is -0.489 e. The van der Waals surface area contributed by atoms with Gasteiger partial charge in [0.1, 0.15) is 0 Å². The van der Waals surface area contributed by atoms with Gasteiger partial charge in [-0.05, 0) is 46.6 Å². The Bertz CT molecular complexity index is 469. The van der Waals surface area contributed by atoms with E-state index in [1.54, 1.807) is 12.1 Å². The highest BCUT2D eigenvalue weighted by molar-refractivity contribution is 14.1.